The summed E-state index contributed by atoms with van der Waals surface area (Å²) < 4.78 is 5.92. The summed E-state index contributed by atoms with van der Waals surface area (Å²) in [4.78, 5) is 2.63. The molecule has 1 saturated carbocycles. The molecule has 3 heteroatoms. The quantitative estimate of drug-likeness (QED) is 0.925. The summed E-state index contributed by atoms with van der Waals surface area (Å²) >= 11 is 0. The van der Waals surface area contributed by atoms with Crippen molar-refractivity contribution in [1.82, 2.24) is 4.90 Å². The van der Waals surface area contributed by atoms with Gasteiger partial charge in [0.2, 0.25) is 0 Å². The zero-order chi connectivity index (χ0) is 14.9. The highest BCUT2D eigenvalue weighted by Crippen LogP contribution is 2.36. The van der Waals surface area contributed by atoms with Crippen LogP contribution in [0, 0.1) is 5.41 Å². The van der Waals surface area contributed by atoms with Gasteiger partial charge in [0.1, 0.15) is 0 Å². The number of nitrogens with zero attached hydrogens (tertiary/aromatic N) is 1. The maximum atomic E-state index is 6.57. The molecule has 0 radical (unpaired) electrons. The molecule has 0 bridgehead atoms. The van der Waals surface area contributed by atoms with Crippen LogP contribution in [0.4, 0.5) is 0 Å². The molecule has 0 spiro atoms. The van der Waals surface area contributed by atoms with Crippen LogP contribution in [0.5, 0.6) is 0 Å². The monoisotopic (exact) mass is 288 g/mol. The lowest BCUT2D eigenvalue weighted by Gasteiger charge is -2.43. The average Bonchev–Trinajstić information content (AvgIpc) is 2.97. The molecule has 0 aromatic heterocycles. The number of ether oxygens (including phenoxy) is 1. The maximum Gasteiger partial charge on any atom is 0.0730 e. The number of morpholine rings is 1. The zero-order valence-corrected chi connectivity index (χ0v) is 13.3. The van der Waals surface area contributed by atoms with Crippen molar-refractivity contribution >= 4 is 0 Å². The Morgan fingerprint density at radius 2 is 2.05 bits per heavy atom. The van der Waals surface area contributed by atoms with Gasteiger partial charge in [-0.15, -0.1) is 0 Å². The van der Waals surface area contributed by atoms with Crippen LogP contribution < -0.4 is 5.73 Å². The Morgan fingerprint density at radius 1 is 1.29 bits per heavy atom. The first-order valence-corrected chi connectivity index (χ1v) is 8.24. The molecule has 2 fully saturated rings. The molecule has 1 aromatic carbocycles. The molecule has 1 saturated heterocycles. The minimum atomic E-state index is 0.0613. The van der Waals surface area contributed by atoms with Crippen LogP contribution in [0.1, 0.15) is 44.7 Å². The van der Waals surface area contributed by atoms with E-state index in [0.717, 1.165) is 19.7 Å². The predicted molar refractivity (Wildman–Crippen MR) is 86.1 cm³/mol. The van der Waals surface area contributed by atoms with Crippen molar-refractivity contribution in [3.63, 3.8) is 0 Å². The molecule has 1 heterocycles. The third-order valence-corrected chi connectivity index (χ3v) is 5.21. The van der Waals surface area contributed by atoms with Gasteiger partial charge >= 0.3 is 0 Å². The summed E-state index contributed by atoms with van der Waals surface area (Å²) in [6, 6.07) is 11.2. The van der Waals surface area contributed by atoms with Crippen LogP contribution >= 0.6 is 0 Å². The zero-order valence-electron chi connectivity index (χ0n) is 13.3. The minimum absolute atomic E-state index is 0.0613. The average molecular weight is 288 g/mol. The van der Waals surface area contributed by atoms with Crippen LogP contribution in [-0.2, 0) is 4.74 Å². The van der Waals surface area contributed by atoms with Crippen molar-refractivity contribution in [1.29, 1.82) is 0 Å². The van der Waals surface area contributed by atoms with Gasteiger partial charge in [-0.3, -0.25) is 4.90 Å². The van der Waals surface area contributed by atoms with E-state index in [1.165, 1.54) is 24.8 Å². The lowest BCUT2D eigenvalue weighted by atomic mass is 9.80. The third-order valence-electron chi connectivity index (χ3n) is 5.21. The second-order valence-electron chi connectivity index (χ2n) is 7.25. The fourth-order valence-electron chi connectivity index (χ4n) is 3.94. The van der Waals surface area contributed by atoms with E-state index in [-0.39, 0.29) is 11.5 Å². The van der Waals surface area contributed by atoms with Crippen LogP contribution in [0.15, 0.2) is 30.3 Å². The highest BCUT2D eigenvalue weighted by Gasteiger charge is 2.39. The second kappa shape index (κ2) is 6.07. The largest absolute Gasteiger partial charge is 0.375 e. The molecule has 2 aliphatic rings. The van der Waals surface area contributed by atoms with E-state index in [2.05, 4.69) is 43.0 Å². The van der Waals surface area contributed by atoms with Gasteiger partial charge in [-0.25, -0.2) is 0 Å². The molecular formula is C18H28N2O. The fraction of sp³-hybridized carbons (Fsp3) is 0.667. The van der Waals surface area contributed by atoms with Crippen LogP contribution in [0.3, 0.4) is 0 Å². The molecule has 1 aromatic rings. The first-order valence-electron chi connectivity index (χ1n) is 8.24. The van der Waals surface area contributed by atoms with E-state index in [1.54, 1.807) is 0 Å². The lowest BCUT2D eigenvalue weighted by molar-refractivity contribution is -0.0679. The van der Waals surface area contributed by atoms with Crippen molar-refractivity contribution in [2.24, 2.45) is 11.1 Å². The van der Waals surface area contributed by atoms with Gasteiger partial charge in [0.15, 0.2) is 0 Å². The fourth-order valence-corrected chi connectivity index (χ4v) is 3.94. The summed E-state index contributed by atoms with van der Waals surface area (Å²) in [5.41, 5.74) is 7.87. The Bertz CT molecular complexity index is 460. The predicted octanol–water partition coefficient (Wildman–Crippen LogP) is 2.97. The number of hydrogen-bond acceptors (Lipinski definition) is 3. The molecule has 3 rings (SSSR count). The summed E-state index contributed by atoms with van der Waals surface area (Å²) in [5.74, 6) is 0. The van der Waals surface area contributed by atoms with E-state index in [9.17, 15) is 0 Å². The molecule has 2 N–H and O–H groups in total. The first-order chi connectivity index (χ1) is 10.1. The standard InChI is InChI=1S/C18H28N2O/c1-18(2,17(19)14-7-4-3-5-8-14)13-20-11-12-21-16-10-6-9-15(16)20/h3-5,7-8,15-17H,6,9-13,19H2,1-2H3. The molecular weight excluding hydrogens is 260 g/mol. The van der Waals surface area contributed by atoms with Crippen LogP contribution in [-0.4, -0.2) is 36.7 Å². The van der Waals surface area contributed by atoms with Crippen LogP contribution in [0.2, 0.25) is 0 Å². The number of rotatable bonds is 4. The number of benzene rings is 1. The van der Waals surface area contributed by atoms with E-state index < -0.39 is 0 Å². The summed E-state index contributed by atoms with van der Waals surface area (Å²) in [6.45, 7) is 7.56. The SMILES string of the molecule is CC(C)(CN1CCOC2CCCC21)C(N)c1ccccc1. The van der Waals surface area contributed by atoms with E-state index in [4.69, 9.17) is 10.5 Å². The Morgan fingerprint density at radius 3 is 2.81 bits per heavy atom. The molecule has 1 aliphatic heterocycles. The molecule has 3 nitrogen and oxygen atoms in total. The summed E-state index contributed by atoms with van der Waals surface area (Å²) in [7, 11) is 0. The molecule has 3 atom stereocenters. The topological polar surface area (TPSA) is 38.5 Å². The van der Waals surface area contributed by atoms with Gasteiger partial charge in [0.25, 0.3) is 0 Å². The number of fused-ring (bicyclic) bond motifs is 1. The van der Waals surface area contributed by atoms with Gasteiger partial charge < -0.3 is 10.5 Å². The van der Waals surface area contributed by atoms with Gasteiger partial charge in [-0.1, -0.05) is 44.2 Å². The Labute approximate surface area is 128 Å². The Kier molecular flexibility index (Phi) is 4.34. The van der Waals surface area contributed by atoms with Gasteiger partial charge in [0, 0.05) is 25.2 Å². The third kappa shape index (κ3) is 3.15. The van der Waals surface area contributed by atoms with E-state index >= 15 is 0 Å². The van der Waals surface area contributed by atoms with Crippen molar-refractivity contribution in [2.45, 2.75) is 51.3 Å². The molecule has 1 aliphatic carbocycles. The maximum absolute atomic E-state index is 6.57. The minimum Gasteiger partial charge on any atom is -0.375 e. The van der Waals surface area contributed by atoms with E-state index in [0.29, 0.717) is 12.1 Å². The van der Waals surface area contributed by atoms with Gasteiger partial charge in [0.05, 0.1) is 12.7 Å². The number of nitrogens with two attached hydrogens (primary N) is 1. The second-order valence-corrected chi connectivity index (χ2v) is 7.25. The summed E-state index contributed by atoms with van der Waals surface area (Å²) in [6.07, 6.45) is 4.27. The van der Waals surface area contributed by atoms with Gasteiger partial charge in [-0.05, 0) is 30.2 Å². The molecule has 3 unspecified atom stereocenters. The normalized spacial score (nSPS) is 28.3. The summed E-state index contributed by atoms with van der Waals surface area (Å²) in [5, 5.41) is 0. The Hall–Kier alpha value is -0.900. The number of hydrogen-bond donors (Lipinski definition) is 1. The molecule has 0 amide bonds. The smallest absolute Gasteiger partial charge is 0.0730 e. The highest BCUT2D eigenvalue weighted by molar-refractivity contribution is 5.20. The van der Waals surface area contributed by atoms with Crippen molar-refractivity contribution < 1.29 is 4.74 Å². The van der Waals surface area contributed by atoms with E-state index in [1.807, 2.05) is 6.07 Å². The van der Waals surface area contributed by atoms with Crippen LogP contribution in [0.25, 0.3) is 0 Å². The van der Waals surface area contributed by atoms with Gasteiger partial charge in [-0.2, -0.15) is 0 Å². The molecule has 116 valence electrons. The lowest BCUT2D eigenvalue weighted by Crippen LogP contribution is -2.53. The van der Waals surface area contributed by atoms with Crippen molar-refractivity contribution in [2.75, 3.05) is 19.7 Å². The van der Waals surface area contributed by atoms with Crippen molar-refractivity contribution in [3.8, 4) is 0 Å². The Balaban J connectivity index is 1.70. The van der Waals surface area contributed by atoms with Crippen molar-refractivity contribution in [3.05, 3.63) is 35.9 Å². The first kappa shape index (κ1) is 15.0. The highest BCUT2D eigenvalue weighted by atomic mass is 16.5. The molecule has 21 heavy (non-hydrogen) atoms.